The molecule has 0 spiro atoms. The molecule has 6 unspecified atom stereocenters. The molecule has 0 bridgehead atoms. The molecule has 5 rings (SSSR count). The van der Waals surface area contributed by atoms with Crippen LogP contribution in [0.15, 0.2) is 15.7 Å². The maximum atomic E-state index is 10.7. The number of aliphatic hydroxyl groups excluding tert-OH is 1. The van der Waals surface area contributed by atoms with E-state index in [2.05, 4.69) is 24.2 Å². The molecule has 0 aliphatic heterocycles. The SMILES string of the molecule is CC12CC[C@H]3C(CCC4CC(=NOCCc5cc(CN)on5)CCC43C)C1CCC2O. The Morgan fingerprint density at radius 2 is 2.00 bits per heavy atom. The predicted octanol–water partition coefficient (Wildman–Crippen LogP) is 4.45. The Kier molecular flexibility index (Phi) is 5.66. The number of hydrogen-bond donors (Lipinski definition) is 2. The van der Waals surface area contributed by atoms with Crippen molar-refractivity contribution in [3.05, 3.63) is 17.5 Å². The van der Waals surface area contributed by atoms with Gasteiger partial charge in [0.15, 0.2) is 5.76 Å². The molecule has 172 valence electrons. The molecule has 1 aromatic rings. The molecule has 0 amide bonds. The van der Waals surface area contributed by atoms with Crippen LogP contribution in [0.1, 0.15) is 83.1 Å². The maximum absolute atomic E-state index is 10.7. The summed E-state index contributed by atoms with van der Waals surface area (Å²) >= 11 is 0. The van der Waals surface area contributed by atoms with Crippen LogP contribution in [0, 0.1) is 34.5 Å². The van der Waals surface area contributed by atoms with E-state index in [0.29, 0.717) is 30.7 Å². The molecule has 4 fully saturated rings. The Morgan fingerprint density at radius 1 is 1.16 bits per heavy atom. The van der Waals surface area contributed by atoms with Crippen LogP contribution in [0.3, 0.4) is 0 Å². The third-order valence-corrected chi connectivity index (χ3v) is 9.90. The van der Waals surface area contributed by atoms with Gasteiger partial charge in [-0.25, -0.2) is 0 Å². The van der Waals surface area contributed by atoms with E-state index in [4.69, 9.17) is 15.1 Å². The topological polar surface area (TPSA) is 93.9 Å². The Bertz CT molecular complexity index is 823. The van der Waals surface area contributed by atoms with Crippen molar-refractivity contribution < 1.29 is 14.5 Å². The molecule has 4 aliphatic carbocycles. The van der Waals surface area contributed by atoms with Crippen molar-refractivity contribution in [3.63, 3.8) is 0 Å². The Balaban J connectivity index is 1.19. The van der Waals surface area contributed by atoms with Crippen molar-refractivity contribution in [1.29, 1.82) is 0 Å². The number of aromatic nitrogens is 1. The Labute approximate surface area is 185 Å². The molecule has 7 atom stereocenters. The third-order valence-electron chi connectivity index (χ3n) is 9.90. The maximum Gasteiger partial charge on any atom is 0.150 e. The molecule has 6 heteroatoms. The number of aliphatic hydroxyl groups is 1. The second-order valence-electron chi connectivity index (χ2n) is 11.2. The summed E-state index contributed by atoms with van der Waals surface area (Å²) in [7, 11) is 0. The van der Waals surface area contributed by atoms with Crippen LogP contribution in [-0.4, -0.2) is 28.7 Å². The fourth-order valence-electron chi connectivity index (χ4n) is 7.97. The average molecular weight is 430 g/mol. The summed E-state index contributed by atoms with van der Waals surface area (Å²) in [4.78, 5) is 5.67. The number of nitrogens with zero attached hydrogens (tertiary/aromatic N) is 2. The minimum atomic E-state index is -0.0784. The summed E-state index contributed by atoms with van der Waals surface area (Å²) in [6, 6.07) is 1.89. The molecule has 3 N–H and O–H groups in total. The summed E-state index contributed by atoms with van der Waals surface area (Å²) in [6.45, 7) is 5.84. The second-order valence-corrected chi connectivity index (χ2v) is 11.2. The monoisotopic (exact) mass is 429 g/mol. The first kappa shape index (κ1) is 21.4. The van der Waals surface area contributed by atoms with Crippen molar-refractivity contribution in [3.8, 4) is 0 Å². The molecule has 1 heterocycles. The van der Waals surface area contributed by atoms with Gasteiger partial charge in [-0.3, -0.25) is 0 Å². The lowest BCUT2D eigenvalue weighted by atomic mass is 9.45. The Morgan fingerprint density at radius 3 is 2.81 bits per heavy atom. The highest BCUT2D eigenvalue weighted by atomic mass is 16.6. The van der Waals surface area contributed by atoms with Crippen LogP contribution < -0.4 is 5.73 Å². The lowest BCUT2D eigenvalue weighted by Crippen LogP contribution is -2.54. The minimum absolute atomic E-state index is 0.0784. The van der Waals surface area contributed by atoms with Crippen molar-refractivity contribution in [2.24, 2.45) is 45.4 Å². The summed E-state index contributed by atoms with van der Waals surface area (Å²) in [5.74, 6) is 3.80. The summed E-state index contributed by atoms with van der Waals surface area (Å²) < 4.78 is 5.13. The van der Waals surface area contributed by atoms with Crippen LogP contribution in [-0.2, 0) is 17.8 Å². The summed E-state index contributed by atoms with van der Waals surface area (Å²) in [5.41, 5.74) is 8.27. The van der Waals surface area contributed by atoms with Gasteiger partial charge in [-0.2, -0.15) is 0 Å². The molecular weight excluding hydrogens is 390 g/mol. The highest BCUT2D eigenvalue weighted by molar-refractivity contribution is 5.85. The van der Waals surface area contributed by atoms with Crippen molar-refractivity contribution in [1.82, 2.24) is 5.16 Å². The minimum Gasteiger partial charge on any atom is -0.395 e. The van der Waals surface area contributed by atoms with Crippen molar-refractivity contribution >= 4 is 5.71 Å². The van der Waals surface area contributed by atoms with Crippen LogP contribution in [0.5, 0.6) is 0 Å². The number of fused-ring (bicyclic) bond motifs is 5. The number of hydrogen-bond acceptors (Lipinski definition) is 6. The van der Waals surface area contributed by atoms with E-state index >= 15 is 0 Å². The van der Waals surface area contributed by atoms with Gasteiger partial charge in [-0.05, 0) is 92.3 Å². The lowest BCUT2D eigenvalue weighted by Gasteiger charge is -2.60. The van der Waals surface area contributed by atoms with Crippen LogP contribution in [0.2, 0.25) is 0 Å². The van der Waals surface area contributed by atoms with E-state index in [1.807, 2.05) is 6.07 Å². The fraction of sp³-hybridized carbons (Fsp3) is 0.840. The molecule has 4 aliphatic rings. The van der Waals surface area contributed by atoms with E-state index in [1.165, 1.54) is 44.2 Å². The summed E-state index contributed by atoms with van der Waals surface area (Å²) in [6.07, 6.45) is 11.4. The van der Waals surface area contributed by atoms with Gasteiger partial charge in [-0.1, -0.05) is 24.2 Å². The van der Waals surface area contributed by atoms with Gasteiger partial charge < -0.3 is 20.2 Å². The van der Waals surface area contributed by atoms with Gasteiger partial charge >= 0.3 is 0 Å². The van der Waals surface area contributed by atoms with Gasteiger partial charge in [0.05, 0.1) is 24.1 Å². The van der Waals surface area contributed by atoms with Crippen molar-refractivity contribution in [2.45, 2.75) is 90.7 Å². The average Bonchev–Trinajstić information content (AvgIpc) is 3.35. The molecule has 1 aromatic heterocycles. The Hall–Kier alpha value is -1.40. The first-order chi connectivity index (χ1) is 14.9. The molecule has 4 saturated carbocycles. The molecular formula is C25H39N3O3. The fourth-order valence-corrected chi connectivity index (χ4v) is 7.97. The highest BCUT2D eigenvalue weighted by Crippen LogP contribution is 2.65. The van der Waals surface area contributed by atoms with E-state index in [-0.39, 0.29) is 11.5 Å². The predicted molar refractivity (Wildman–Crippen MR) is 119 cm³/mol. The van der Waals surface area contributed by atoms with E-state index < -0.39 is 0 Å². The van der Waals surface area contributed by atoms with Crippen molar-refractivity contribution in [2.75, 3.05) is 6.61 Å². The normalized spacial score (nSPS) is 43.4. The first-order valence-electron chi connectivity index (χ1n) is 12.4. The molecule has 0 saturated heterocycles. The molecule has 6 nitrogen and oxygen atoms in total. The third kappa shape index (κ3) is 3.64. The van der Waals surface area contributed by atoms with Crippen LogP contribution in [0.4, 0.5) is 0 Å². The molecule has 0 aromatic carbocycles. The number of oxime groups is 1. The van der Waals surface area contributed by atoms with E-state index in [9.17, 15) is 5.11 Å². The zero-order valence-corrected chi connectivity index (χ0v) is 19.2. The summed E-state index contributed by atoms with van der Waals surface area (Å²) in [5, 5.41) is 19.2. The van der Waals surface area contributed by atoms with E-state index in [0.717, 1.165) is 48.6 Å². The second kappa shape index (κ2) is 8.18. The van der Waals surface area contributed by atoms with Gasteiger partial charge in [0.2, 0.25) is 0 Å². The zero-order valence-electron chi connectivity index (χ0n) is 19.2. The van der Waals surface area contributed by atoms with E-state index in [1.54, 1.807) is 0 Å². The van der Waals surface area contributed by atoms with Gasteiger partial charge in [-0.15, -0.1) is 0 Å². The van der Waals surface area contributed by atoms with Gasteiger partial charge in [0.1, 0.15) is 6.61 Å². The van der Waals surface area contributed by atoms with Crippen LogP contribution >= 0.6 is 0 Å². The first-order valence-corrected chi connectivity index (χ1v) is 12.4. The van der Waals surface area contributed by atoms with Gasteiger partial charge in [0, 0.05) is 12.5 Å². The molecule has 31 heavy (non-hydrogen) atoms. The number of nitrogens with two attached hydrogens (primary N) is 1. The highest BCUT2D eigenvalue weighted by Gasteiger charge is 2.59. The van der Waals surface area contributed by atoms with Crippen LogP contribution in [0.25, 0.3) is 0 Å². The largest absolute Gasteiger partial charge is 0.395 e. The zero-order chi connectivity index (χ0) is 21.6. The lowest BCUT2D eigenvalue weighted by molar-refractivity contribution is -0.112. The molecule has 0 radical (unpaired) electrons. The standard InChI is InChI=1S/C25H39N3O3/c1-24-10-7-17(27-30-12-9-18-14-19(15-26)31-28-18)13-16(24)3-4-20-21-5-6-23(29)25(21,2)11-8-22(20)24/h14,16,20-23,29H,3-13,15,26H2,1-2H3/t16?,20?,21?,22-,23?,24?,25?/m0/s1. The van der Waals surface area contributed by atoms with Gasteiger partial charge in [0.25, 0.3) is 0 Å². The quantitative estimate of drug-likeness (QED) is 0.533. The smallest absolute Gasteiger partial charge is 0.150 e. The number of rotatable bonds is 5.